The van der Waals surface area contributed by atoms with Crippen LogP contribution in [0.3, 0.4) is 0 Å². The van der Waals surface area contributed by atoms with E-state index >= 15 is 0 Å². The van der Waals surface area contributed by atoms with Crippen LogP contribution in [0, 0.1) is 20.8 Å². The molecule has 90 valence electrons. The minimum absolute atomic E-state index is 0.201. The molecule has 2 heteroatoms. The Kier molecular flexibility index (Phi) is 3.34. The number of rotatable bonds is 3. The Hall–Kier alpha value is -1.54. The summed E-state index contributed by atoms with van der Waals surface area (Å²) in [5.74, 6) is 0.975. The van der Waals surface area contributed by atoms with Crippen molar-refractivity contribution in [2.75, 3.05) is 7.05 Å². The molecule has 0 aliphatic rings. The van der Waals surface area contributed by atoms with Gasteiger partial charge in [-0.1, -0.05) is 29.3 Å². The van der Waals surface area contributed by atoms with Crippen LogP contribution in [0.5, 0.6) is 0 Å². The van der Waals surface area contributed by atoms with Crippen molar-refractivity contribution in [3.8, 4) is 0 Å². The van der Waals surface area contributed by atoms with Crippen molar-refractivity contribution >= 4 is 0 Å². The maximum Gasteiger partial charge on any atom is 0.105 e. The molecule has 2 aromatic rings. The van der Waals surface area contributed by atoms with E-state index in [0.717, 1.165) is 5.76 Å². The van der Waals surface area contributed by atoms with E-state index in [1.807, 2.05) is 20.0 Å². The molecule has 1 aromatic carbocycles. The normalized spacial score (nSPS) is 12.7. The zero-order chi connectivity index (χ0) is 12.4. The maximum atomic E-state index is 5.39. The van der Waals surface area contributed by atoms with E-state index < -0.39 is 0 Å². The number of nitrogens with one attached hydrogen (secondary N) is 1. The van der Waals surface area contributed by atoms with Crippen molar-refractivity contribution in [1.82, 2.24) is 5.32 Å². The van der Waals surface area contributed by atoms with Crippen molar-refractivity contribution in [3.05, 3.63) is 58.5 Å². The molecule has 0 amide bonds. The van der Waals surface area contributed by atoms with Crippen molar-refractivity contribution in [2.45, 2.75) is 26.8 Å². The highest BCUT2D eigenvalue weighted by molar-refractivity contribution is 5.37. The van der Waals surface area contributed by atoms with Crippen LogP contribution in [0.4, 0.5) is 0 Å². The number of aryl methyl sites for hydroxylation is 3. The van der Waals surface area contributed by atoms with E-state index in [1.165, 1.54) is 22.3 Å². The Balaban J connectivity index is 2.45. The second-order valence-electron chi connectivity index (χ2n) is 4.57. The minimum Gasteiger partial charge on any atom is -0.469 e. The number of furan rings is 1. The van der Waals surface area contributed by atoms with E-state index in [9.17, 15) is 0 Å². The molecule has 0 aliphatic carbocycles. The molecule has 17 heavy (non-hydrogen) atoms. The monoisotopic (exact) mass is 229 g/mol. The first-order valence-electron chi connectivity index (χ1n) is 5.91. The van der Waals surface area contributed by atoms with E-state index in [2.05, 4.69) is 37.4 Å². The average molecular weight is 229 g/mol. The molecular formula is C15H19NO. The molecule has 2 rings (SSSR count). The van der Waals surface area contributed by atoms with Crippen molar-refractivity contribution in [1.29, 1.82) is 0 Å². The summed E-state index contributed by atoms with van der Waals surface area (Å²) >= 11 is 0. The summed E-state index contributed by atoms with van der Waals surface area (Å²) in [4.78, 5) is 0. The quantitative estimate of drug-likeness (QED) is 0.871. The van der Waals surface area contributed by atoms with Gasteiger partial charge in [0.25, 0.3) is 0 Å². The molecule has 2 nitrogen and oxygen atoms in total. The standard InChI is InChI=1S/C15H19NO/c1-10-7-11(2)9-13(8-10)15(16-4)14-5-6-17-12(14)3/h5-9,15-16H,1-4H3. The molecule has 0 saturated heterocycles. The molecule has 1 aromatic heterocycles. The lowest BCUT2D eigenvalue weighted by Crippen LogP contribution is -2.18. The summed E-state index contributed by atoms with van der Waals surface area (Å²) in [6.07, 6.45) is 1.75. The lowest BCUT2D eigenvalue weighted by molar-refractivity contribution is 0.523. The minimum atomic E-state index is 0.201. The third-order valence-electron chi connectivity index (χ3n) is 3.08. The lowest BCUT2D eigenvalue weighted by atomic mass is 9.96. The molecular weight excluding hydrogens is 210 g/mol. The van der Waals surface area contributed by atoms with Gasteiger partial charge in [0.05, 0.1) is 12.3 Å². The summed E-state index contributed by atoms with van der Waals surface area (Å²) in [6, 6.07) is 8.88. The van der Waals surface area contributed by atoms with Crippen LogP contribution in [0.15, 0.2) is 34.9 Å². The summed E-state index contributed by atoms with van der Waals surface area (Å²) in [6.45, 7) is 6.26. The van der Waals surface area contributed by atoms with Crippen molar-refractivity contribution < 1.29 is 4.42 Å². The van der Waals surface area contributed by atoms with Crippen molar-refractivity contribution in [3.63, 3.8) is 0 Å². The summed E-state index contributed by atoms with van der Waals surface area (Å²) < 4.78 is 5.39. The Morgan fingerprint density at radius 1 is 1.06 bits per heavy atom. The summed E-state index contributed by atoms with van der Waals surface area (Å²) in [7, 11) is 1.98. The van der Waals surface area contributed by atoms with E-state index in [0.29, 0.717) is 0 Å². The Labute approximate surface area is 103 Å². The Morgan fingerprint density at radius 2 is 1.71 bits per heavy atom. The fourth-order valence-electron chi connectivity index (χ4n) is 2.37. The van der Waals surface area contributed by atoms with Crippen LogP contribution in [0.1, 0.15) is 34.1 Å². The van der Waals surface area contributed by atoms with Gasteiger partial charge in [-0.05, 0) is 39.4 Å². The molecule has 0 bridgehead atoms. The number of benzene rings is 1. The smallest absolute Gasteiger partial charge is 0.105 e. The van der Waals surface area contributed by atoms with E-state index in [4.69, 9.17) is 4.42 Å². The second kappa shape index (κ2) is 4.76. The molecule has 1 heterocycles. The average Bonchev–Trinajstić information content (AvgIpc) is 2.65. The van der Waals surface area contributed by atoms with Gasteiger partial charge >= 0.3 is 0 Å². The molecule has 0 saturated carbocycles. The second-order valence-corrected chi connectivity index (χ2v) is 4.57. The van der Waals surface area contributed by atoms with Gasteiger partial charge in [0, 0.05) is 5.56 Å². The topological polar surface area (TPSA) is 25.2 Å². The molecule has 1 atom stereocenters. The van der Waals surface area contributed by atoms with Crippen LogP contribution in [-0.4, -0.2) is 7.05 Å². The highest BCUT2D eigenvalue weighted by Gasteiger charge is 2.16. The van der Waals surface area contributed by atoms with Gasteiger partial charge in [-0.15, -0.1) is 0 Å². The first-order valence-corrected chi connectivity index (χ1v) is 5.91. The molecule has 0 spiro atoms. The number of hydrogen-bond donors (Lipinski definition) is 1. The highest BCUT2D eigenvalue weighted by Crippen LogP contribution is 2.26. The molecule has 0 radical (unpaired) electrons. The number of hydrogen-bond acceptors (Lipinski definition) is 2. The fraction of sp³-hybridized carbons (Fsp3) is 0.333. The van der Waals surface area contributed by atoms with E-state index in [1.54, 1.807) is 6.26 Å². The summed E-state index contributed by atoms with van der Waals surface area (Å²) in [5, 5.41) is 3.36. The third kappa shape index (κ3) is 2.42. The van der Waals surface area contributed by atoms with Gasteiger partial charge in [-0.25, -0.2) is 0 Å². The molecule has 0 aliphatic heterocycles. The van der Waals surface area contributed by atoms with Crippen LogP contribution in [0.25, 0.3) is 0 Å². The highest BCUT2D eigenvalue weighted by atomic mass is 16.3. The maximum absolute atomic E-state index is 5.39. The summed E-state index contributed by atoms with van der Waals surface area (Å²) in [5.41, 5.74) is 5.08. The van der Waals surface area contributed by atoms with Gasteiger partial charge in [0.1, 0.15) is 5.76 Å². The Bertz CT molecular complexity index is 493. The largest absolute Gasteiger partial charge is 0.469 e. The van der Waals surface area contributed by atoms with Gasteiger partial charge in [0.2, 0.25) is 0 Å². The predicted octanol–water partition coefficient (Wildman–Crippen LogP) is 3.51. The first kappa shape index (κ1) is 11.9. The third-order valence-corrected chi connectivity index (χ3v) is 3.08. The zero-order valence-electron chi connectivity index (χ0n) is 10.9. The zero-order valence-corrected chi connectivity index (χ0v) is 10.9. The molecule has 1 unspecified atom stereocenters. The fourth-order valence-corrected chi connectivity index (χ4v) is 2.37. The van der Waals surface area contributed by atoms with Gasteiger partial charge < -0.3 is 9.73 Å². The van der Waals surface area contributed by atoms with Crippen LogP contribution in [0.2, 0.25) is 0 Å². The van der Waals surface area contributed by atoms with Crippen LogP contribution in [-0.2, 0) is 0 Å². The van der Waals surface area contributed by atoms with Gasteiger partial charge in [-0.3, -0.25) is 0 Å². The van der Waals surface area contributed by atoms with Gasteiger partial charge in [-0.2, -0.15) is 0 Å². The van der Waals surface area contributed by atoms with E-state index in [-0.39, 0.29) is 6.04 Å². The Morgan fingerprint density at radius 3 is 2.18 bits per heavy atom. The lowest BCUT2D eigenvalue weighted by Gasteiger charge is -2.17. The SMILES string of the molecule is CNC(c1cc(C)cc(C)c1)c1ccoc1C. The van der Waals surface area contributed by atoms with Crippen LogP contribution < -0.4 is 5.32 Å². The van der Waals surface area contributed by atoms with Crippen molar-refractivity contribution in [2.24, 2.45) is 0 Å². The first-order chi connectivity index (χ1) is 8.11. The van der Waals surface area contributed by atoms with Gasteiger partial charge in [0.15, 0.2) is 0 Å². The van der Waals surface area contributed by atoms with Crippen LogP contribution >= 0.6 is 0 Å². The molecule has 0 fully saturated rings. The molecule has 1 N–H and O–H groups in total. The predicted molar refractivity (Wildman–Crippen MR) is 70.3 cm³/mol.